The smallest absolute Gasteiger partial charge is 0.155 e. The lowest BCUT2D eigenvalue weighted by Gasteiger charge is -2.58. The maximum atomic E-state index is 11.8. The van der Waals surface area contributed by atoms with Crippen LogP contribution in [0.4, 0.5) is 0 Å². The molecular weight excluding hydrogens is 272 g/mol. The Hall–Kier alpha value is -0.630. The second-order valence-corrected chi connectivity index (χ2v) is 9.24. The minimum atomic E-state index is -0.484. The highest BCUT2D eigenvalue weighted by Crippen LogP contribution is 2.67. The molecule has 2 heteroatoms. The largest absolute Gasteiger partial charge is 0.390 e. The molecule has 0 bridgehead atoms. The number of carbonyl (C=O) groups is 1. The predicted octanol–water partition coefficient (Wildman–Crippen LogP) is 4.27. The van der Waals surface area contributed by atoms with Crippen LogP contribution in [0.15, 0.2) is 11.6 Å². The van der Waals surface area contributed by atoms with Crippen molar-refractivity contribution >= 4 is 5.78 Å². The number of rotatable bonds is 0. The minimum Gasteiger partial charge on any atom is -0.390 e. The summed E-state index contributed by atoms with van der Waals surface area (Å²) in [5, 5.41) is 10.9. The fourth-order valence-electron chi connectivity index (χ4n) is 6.80. The van der Waals surface area contributed by atoms with Gasteiger partial charge in [-0.25, -0.2) is 0 Å². The van der Waals surface area contributed by atoms with Gasteiger partial charge in [0.2, 0.25) is 0 Å². The lowest BCUT2D eigenvalue weighted by Crippen LogP contribution is -2.53. The number of hydrogen-bond donors (Lipinski definition) is 1. The van der Waals surface area contributed by atoms with Gasteiger partial charge in [0.05, 0.1) is 5.60 Å². The summed E-state index contributed by atoms with van der Waals surface area (Å²) < 4.78 is 0. The molecule has 0 aliphatic heterocycles. The molecule has 0 spiro atoms. The first-order valence-electron chi connectivity index (χ1n) is 9.24. The average molecular weight is 302 g/mol. The molecule has 0 saturated heterocycles. The SMILES string of the molecule is C[C@]12CCC(=O)C=C1CC[C@H]1C3CC[C@@](C)(O)[C@@]3(C)CC[C@@H]12. The van der Waals surface area contributed by atoms with Gasteiger partial charge in [0.25, 0.3) is 0 Å². The van der Waals surface area contributed by atoms with Crippen molar-refractivity contribution in [1.82, 2.24) is 0 Å². The predicted molar refractivity (Wildman–Crippen MR) is 87.3 cm³/mol. The van der Waals surface area contributed by atoms with E-state index in [9.17, 15) is 9.90 Å². The fraction of sp³-hybridized carbons (Fsp3) is 0.850. The molecule has 122 valence electrons. The maximum absolute atomic E-state index is 11.8. The third kappa shape index (κ3) is 1.74. The molecule has 0 aromatic carbocycles. The highest BCUT2D eigenvalue weighted by molar-refractivity contribution is 5.91. The topological polar surface area (TPSA) is 37.3 Å². The molecule has 0 radical (unpaired) electrons. The van der Waals surface area contributed by atoms with E-state index in [2.05, 4.69) is 20.8 Å². The molecule has 3 saturated carbocycles. The Labute approximate surface area is 134 Å². The highest BCUT2D eigenvalue weighted by Gasteiger charge is 2.62. The molecule has 4 aliphatic rings. The summed E-state index contributed by atoms with van der Waals surface area (Å²) in [6, 6.07) is 0. The molecule has 0 heterocycles. The van der Waals surface area contributed by atoms with Crippen LogP contribution in [0.25, 0.3) is 0 Å². The molecule has 0 aromatic heterocycles. The third-order valence-electron chi connectivity index (χ3n) is 8.52. The molecule has 6 atom stereocenters. The Balaban J connectivity index is 1.70. The van der Waals surface area contributed by atoms with Gasteiger partial charge in [0.15, 0.2) is 5.78 Å². The molecule has 0 aromatic rings. The van der Waals surface area contributed by atoms with Crippen LogP contribution < -0.4 is 0 Å². The van der Waals surface area contributed by atoms with Crippen molar-refractivity contribution in [3.63, 3.8) is 0 Å². The monoisotopic (exact) mass is 302 g/mol. The van der Waals surface area contributed by atoms with E-state index >= 15 is 0 Å². The van der Waals surface area contributed by atoms with Gasteiger partial charge in [0, 0.05) is 6.42 Å². The van der Waals surface area contributed by atoms with E-state index in [0.29, 0.717) is 11.7 Å². The Bertz CT molecular complexity index is 546. The molecule has 2 nitrogen and oxygen atoms in total. The van der Waals surface area contributed by atoms with Gasteiger partial charge in [-0.15, -0.1) is 0 Å². The van der Waals surface area contributed by atoms with Gasteiger partial charge in [-0.2, -0.15) is 0 Å². The zero-order valence-corrected chi connectivity index (χ0v) is 14.3. The molecule has 1 N–H and O–H groups in total. The summed E-state index contributed by atoms with van der Waals surface area (Å²) in [5.41, 5.74) is 1.32. The van der Waals surface area contributed by atoms with Gasteiger partial charge in [0.1, 0.15) is 0 Å². The van der Waals surface area contributed by atoms with Crippen LogP contribution in [0.2, 0.25) is 0 Å². The van der Waals surface area contributed by atoms with Crippen molar-refractivity contribution in [1.29, 1.82) is 0 Å². The number of aliphatic hydroxyl groups is 1. The summed E-state index contributed by atoms with van der Waals surface area (Å²) in [4.78, 5) is 11.8. The van der Waals surface area contributed by atoms with E-state index in [1.54, 1.807) is 0 Å². The van der Waals surface area contributed by atoms with Crippen molar-refractivity contribution in [2.75, 3.05) is 0 Å². The summed E-state index contributed by atoms with van der Waals surface area (Å²) in [6.07, 6.45) is 10.7. The van der Waals surface area contributed by atoms with E-state index in [0.717, 1.165) is 43.9 Å². The number of fused-ring (bicyclic) bond motifs is 5. The molecule has 4 aliphatic carbocycles. The first kappa shape index (κ1) is 14.9. The van der Waals surface area contributed by atoms with Crippen LogP contribution in [-0.4, -0.2) is 16.5 Å². The van der Waals surface area contributed by atoms with Crippen LogP contribution in [0.3, 0.4) is 0 Å². The van der Waals surface area contributed by atoms with Gasteiger partial charge in [-0.05, 0) is 86.5 Å². The fourth-order valence-corrected chi connectivity index (χ4v) is 6.80. The van der Waals surface area contributed by atoms with Crippen LogP contribution in [0, 0.1) is 28.6 Å². The second kappa shape index (κ2) is 4.47. The van der Waals surface area contributed by atoms with E-state index in [1.807, 2.05) is 6.08 Å². The Kier molecular flexibility index (Phi) is 3.03. The molecule has 1 unspecified atom stereocenters. The van der Waals surface area contributed by atoms with E-state index in [-0.39, 0.29) is 10.8 Å². The molecule has 4 rings (SSSR count). The lowest BCUT2D eigenvalue weighted by molar-refractivity contribution is -0.124. The van der Waals surface area contributed by atoms with Crippen molar-refractivity contribution < 1.29 is 9.90 Å². The quantitative estimate of drug-likeness (QED) is 0.725. The van der Waals surface area contributed by atoms with Crippen molar-refractivity contribution in [3.8, 4) is 0 Å². The molecule has 22 heavy (non-hydrogen) atoms. The Morgan fingerprint density at radius 1 is 1.00 bits per heavy atom. The summed E-state index contributed by atoms with van der Waals surface area (Å²) in [5.74, 6) is 2.50. The van der Waals surface area contributed by atoms with Gasteiger partial charge in [-0.1, -0.05) is 19.4 Å². The highest BCUT2D eigenvalue weighted by atomic mass is 16.3. The molecular formula is C20H30O2. The molecule has 3 fully saturated rings. The molecule has 0 amide bonds. The van der Waals surface area contributed by atoms with Gasteiger partial charge < -0.3 is 5.11 Å². The van der Waals surface area contributed by atoms with E-state index in [1.165, 1.54) is 24.8 Å². The Morgan fingerprint density at radius 3 is 2.50 bits per heavy atom. The first-order valence-corrected chi connectivity index (χ1v) is 9.24. The van der Waals surface area contributed by atoms with Crippen molar-refractivity contribution in [2.24, 2.45) is 28.6 Å². The number of hydrogen-bond acceptors (Lipinski definition) is 2. The number of ketones is 1. The van der Waals surface area contributed by atoms with Crippen LogP contribution >= 0.6 is 0 Å². The van der Waals surface area contributed by atoms with Gasteiger partial charge >= 0.3 is 0 Å². The summed E-state index contributed by atoms with van der Waals surface area (Å²) in [7, 11) is 0. The Morgan fingerprint density at radius 2 is 1.73 bits per heavy atom. The van der Waals surface area contributed by atoms with Crippen molar-refractivity contribution in [3.05, 3.63) is 11.6 Å². The third-order valence-corrected chi connectivity index (χ3v) is 8.52. The zero-order valence-electron chi connectivity index (χ0n) is 14.3. The van der Waals surface area contributed by atoms with Crippen LogP contribution in [-0.2, 0) is 4.79 Å². The average Bonchev–Trinajstić information content (AvgIpc) is 2.70. The van der Waals surface area contributed by atoms with E-state index in [4.69, 9.17) is 0 Å². The summed E-state index contributed by atoms with van der Waals surface area (Å²) >= 11 is 0. The standard InChI is InChI=1S/C20H30O2/c1-18-9-6-14(21)12-13(18)4-5-15-16(18)7-10-19(2)17(15)8-11-20(19,3)22/h12,15-17,22H,4-11H2,1-3H3/t15-,16+,17?,18+,19+,20-/m1/s1. The second-order valence-electron chi connectivity index (χ2n) is 9.24. The van der Waals surface area contributed by atoms with Crippen molar-refractivity contribution in [2.45, 2.75) is 77.7 Å². The summed E-state index contributed by atoms with van der Waals surface area (Å²) in [6.45, 7) is 6.85. The zero-order chi connectivity index (χ0) is 15.8. The van der Waals surface area contributed by atoms with E-state index < -0.39 is 5.60 Å². The van der Waals surface area contributed by atoms with Crippen LogP contribution in [0.5, 0.6) is 0 Å². The number of carbonyl (C=O) groups excluding carboxylic acids is 1. The van der Waals surface area contributed by atoms with Gasteiger partial charge in [-0.3, -0.25) is 4.79 Å². The number of allylic oxidation sites excluding steroid dienone is 1. The minimum absolute atomic E-state index is 0.107. The normalized spacial score (nSPS) is 54.3. The van der Waals surface area contributed by atoms with Crippen LogP contribution in [0.1, 0.15) is 72.1 Å². The maximum Gasteiger partial charge on any atom is 0.155 e. The lowest BCUT2D eigenvalue weighted by atomic mass is 9.46. The first-order chi connectivity index (χ1) is 10.3.